The first-order valence-electron chi connectivity index (χ1n) is 3.24. The third-order valence-corrected chi connectivity index (χ3v) is 2.55. The molecule has 1 aromatic rings. The SMILES string of the molecule is COc1c(I)ncc(C(F)F)c1Cl. The molecule has 0 aromatic carbocycles. The second-order valence-electron chi connectivity index (χ2n) is 2.15. The van der Waals surface area contributed by atoms with E-state index in [1.165, 1.54) is 7.11 Å². The van der Waals surface area contributed by atoms with Crippen LogP contribution in [0.5, 0.6) is 5.75 Å². The normalized spacial score (nSPS) is 10.6. The summed E-state index contributed by atoms with van der Waals surface area (Å²) in [6.45, 7) is 0. The van der Waals surface area contributed by atoms with Gasteiger partial charge in [0.2, 0.25) is 0 Å². The molecule has 2 nitrogen and oxygen atoms in total. The molecule has 0 N–H and O–H groups in total. The maximum Gasteiger partial charge on any atom is 0.266 e. The quantitative estimate of drug-likeness (QED) is 0.616. The summed E-state index contributed by atoms with van der Waals surface area (Å²) in [5, 5.41) is -0.0723. The van der Waals surface area contributed by atoms with Gasteiger partial charge >= 0.3 is 0 Å². The molecular weight excluding hydrogens is 314 g/mol. The summed E-state index contributed by atoms with van der Waals surface area (Å²) in [4.78, 5) is 3.73. The van der Waals surface area contributed by atoms with Crippen molar-refractivity contribution < 1.29 is 13.5 Å². The molecule has 13 heavy (non-hydrogen) atoms. The van der Waals surface area contributed by atoms with Gasteiger partial charge in [0.1, 0.15) is 3.70 Å². The van der Waals surface area contributed by atoms with Gasteiger partial charge in [0.15, 0.2) is 5.75 Å². The molecule has 1 heterocycles. The van der Waals surface area contributed by atoms with E-state index in [9.17, 15) is 8.78 Å². The van der Waals surface area contributed by atoms with Crippen molar-refractivity contribution in [2.24, 2.45) is 0 Å². The van der Waals surface area contributed by atoms with Crippen molar-refractivity contribution in [3.8, 4) is 5.75 Å². The lowest BCUT2D eigenvalue weighted by Crippen LogP contribution is -1.96. The maximum absolute atomic E-state index is 12.3. The molecule has 0 amide bonds. The number of halogens is 4. The zero-order valence-electron chi connectivity index (χ0n) is 6.52. The molecule has 1 rings (SSSR count). The van der Waals surface area contributed by atoms with Crippen LogP contribution in [0, 0.1) is 3.70 Å². The van der Waals surface area contributed by atoms with Crippen LogP contribution < -0.4 is 4.74 Å². The van der Waals surface area contributed by atoms with E-state index in [-0.39, 0.29) is 16.3 Å². The maximum atomic E-state index is 12.3. The van der Waals surface area contributed by atoms with E-state index < -0.39 is 6.43 Å². The Morgan fingerprint density at radius 2 is 2.23 bits per heavy atom. The Hall–Kier alpha value is -0.170. The second-order valence-corrected chi connectivity index (χ2v) is 3.55. The average molecular weight is 319 g/mol. The Bertz CT molecular complexity index is 322. The molecule has 0 radical (unpaired) electrons. The monoisotopic (exact) mass is 319 g/mol. The van der Waals surface area contributed by atoms with Gasteiger partial charge in [0, 0.05) is 6.20 Å². The molecule has 6 heteroatoms. The summed E-state index contributed by atoms with van der Waals surface area (Å²) in [6, 6.07) is 0. The van der Waals surface area contributed by atoms with Gasteiger partial charge in [-0.3, -0.25) is 0 Å². The Labute approximate surface area is 92.4 Å². The lowest BCUT2D eigenvalue weighted by Gasteiger charge is -2.08. The molecule has 0 spiro atoms. The Morgan fingerprint density at radius 1 is 1.62 bits per heavy atom. The van der Waals surface area contributed by atoms with E-state index in [0.717, 1.165) is 6.20 Å². The lowest BCUT2D eigenvalue weighted by atomic mass is 10.3. The van der Waals surface area contributed by atoms with Crippen molar-refractivity contribution in [1.82, 2.24) is 4.98 Å². The molecule has 72 valence electrons. The van der Waals surface area contributed by atoms with Crippen LogP contribution in [-0.4, -0.2) is 12.1 Å². The fraction of sp³-hybridized carbons (Fsp3) is 0.286. The fourth-order valence-electron chi connectivity index (χ4n) is 0.789. The van der Waals surface area contributed by atoms with E-state index >= 15 is 0 Å². The number of methoxy groups -OCH3 is 1. The minimum atomic E-state index is -2.63. The van der Waals surface area contributed by atoms with Gasteiger partial charge in [-0.15, -0.1) is 0 Å². The van der Waals surface area contributed by atoms with Gasteiger partial charge in [0.25, 0.3) is 6.43 Å². The van der Waals surface area contributed by atoms with E-state index in [1.54, 1.807) is 0 Å². The van der Waals surface area contributed by atoms with Crippen LogP contribution in [0.4, 0.5) is 8.78 Å². The standard InChI is InChI=1S/C7H5ClF2INO/c1-13-5-4(8)3(6(9)10)2-12-7(5)11/h2,6H,1H3. The van der Waals surface area contributed by atoms with Gasteiger partial charge in [-0.2, -0.15) is 0 Å². The minimum Gasteiger partial charge on any atom is -0.492 e. The molecule has 0 saturated carbocycles. The summed E-state index contributed by atoms with van der Waals surface area (Å²) in [5.41, 5.74) is -0.307. The molecule has 0 saturated heterocycles. The summed E-state index contributed by atoms with van der Waals surface area (Å²) >= 11 is 7.52. The second kappa shape index (κ2) is 4.36. The van der Waals surface area contributed by atoms with Gasteiger partial charge in [-0.25, -0.2) is 13.8 Å². The summed E-state index contributed by atoms with van der Waals surface area (Å²) < 4.78 is 29.9. The topological polar surface area (TPSA) is 22.1 Å². The molecule has 0 unspecified atom stereocenters. The summed E-state index contributed by atoms with van der Waals surface area (Å²) in [7, 11) is 1.36. The average Bonchev–Trinajstić information content (AvgIpc) is 2.04. The van der Waals surface area contributed by atoms with Gasteiger partial charge in [-0.1, -0.05) is 11.6 Å². The number of rotatable bonds is 2. The molecule has 0 atom stereocenters. The Kier molecular flexibility index (Phi) is 3.66. The first-order valence-corrected chi connectivity index (χ1v) is 4.69. The molecule has 0 fully saturated rings. The Morgan fingerprint density at radius 3 is 2.69 bits per heavy atom. The van der Waals surface area contributed by atoms with Gasteiger partial charge in [0.05, 0.1) is 17.7 Å². The predicted molar refractivity (Wildman–Crippen MR) is 53.5 cm³/mol. The number of ether oxygens (including phenoxy) is 1. The lowest BCUT2D eigenvalue weighted by molar-refractivity contribution is 0.150. The Balaban J connectivity index is 3.27. The highest BCUT2D eigenvalue weighted by Crippen LogP contribution is 2.35. The first-order chi connectivity index (χ1) is 6.07. The van der Waals surface area contributed by atoms with E-state index in [1.807, 2.05) is 22.6 Å². The van der Waals surface area contributed by atoms with E-state index in [2.05, 4.69) is 4.98 Å². The van der Waals surface area contributed by atoms with E-state index in [4.69, 9.17) is 16.3 Å². The van der Waals surface area contributed by atoms with Crippen LogP contribution in [0.1, 0.15) is 12.0 Å². The van der Waals surface area contributed by atoms with Crippen LogP contribution >= 0.6 is 34.2 Å². The number of pyridine rings is 1. The fourth-order valence-corrected chi connectivity index (χ4v) is 1.88. The molecule has 0 aliphatic rings. The van der Waals surface area contributed by atoms with Crippen molar-refractivity contribution in [2.75, 3.05) is 7.11 Å². The van der Waals surface area contributed by atoms with Crippen LogP contribution in [0.3, 0.4) is 0 Å². The van der Waals surface area contributed by atoms with Crippen molar-refractivity contribution in [2.45, 2.75) is 6.43 Å². The minimum absolute atomic E-state index is 0.0723. The first kappa shape index (κ1) is 10.9. The van der Waals surface area contributed by atoms with Crippen LogP contribution in [-0.2, 0) is 0 Å². The zero-order chi connectivity index (χ0) is 10.0. The highest BCUT2D eigenvalue weighted by Gasteiger charge is 2.18. The third-order valence-electron chi connectivity index (χ3n) is 1.40. The predicted octanol–water partition coefficient (Wildman–Crippen LogP) is 3.29. The summed E-state index contributed by atoms with van der Waals surface area (Å²) in [5.74, 6) is 0.195. The highest BCUT2D eigenvalue weighted by atomic mass is 127. The highest BCUT2D eigenvalue weighted by molar-refractivity contribution is 14.1. The molecule has 1 aromatic heterocycles. The molecule has 0 aliphatic carbocycles. The van der Waals surface area contributed by atoms with Crippen LogP contribution in [0.2, 0.25) is 5.02 Å². The number of hydrogen-bond acceptors (Lipinski definition) is 2. The zero-order valence-corrected chi connectivity index (χ0v) is 9.44. The van der Waals surface area contributed by atoms with E-state index in [0.29, 0.717) is 3.70 Å². The third kappa shape index (κ3) is 2.19. The van der Waals surface area contributed by atoms with Crippen molar-refractivity contribution in [3.05, 3.63) is 20.5 Å². The number of aromatic nitrogens is 1. The van der Waals surface area contributed by atoms with Crippen LogP contribution in [0.25, 0.3) is 0 Å². The molecule has 0 bridgehead atoms. The van der Waals surface area contributed by atoms with Gasteiger partial charge < -0.3 is 4.74 Å². The van der Waals surface area contributed by atoms with Gasteiger partial charge in [-0.05, 0) is 22.6 Å². The number of nitrogens with zero attached hydrogens (tertiary/aromatic N) is 1. The van der Waals surface area contributed by atoms with Crippen LogP contribution in [0.15, 0.2) is 6.20 Å². The molecular formula is C7H5ClF2INO. The smallest absolute Gasteiger partial charge is 0.266 e. The summed E-state index contributed by atoms with van der Waals surface area (Å²) in [6.07, 6.45) is -1.58. The number of hydrogen-bond donors (Lipinski definition) is 0. The molecule has 0 aliphatic heterocycles. The largest absolute Gasteiger partial charge is 0.492 e. The number of alkyl halides is 2. The van der Waals surface area contributed by atoms with Crippen molar-refractivity contribution in [1.29, 1.82) is 0 Å². The van der Waals surface area contributed by atoms with Crippen molar-refractivity contribution >= 4 is 34.2 Å². The van der Waals surface area contributed by atoms with Crippen molar-refractivity contribution in [3.63, 3.8) is 0 Å².